The predicted octanol–water partition coefficient (Wildman–Crippen LogP) is 4.10. The van der Waals surface area contributed by atoms with E-state index in [4.69, 9.17) is 27.5 Å². The highest BCUT2D eigenvalue weighted by atomic mass is 35.5. The molecule has 0 bridgehead atoms. The first-order valence-electron chi connectivity index (χ1n) is 5.45. The van der Waals surface area contributed by atoms with Crippen molar-refractivity contribution < 1.29 is 4.74 Å². The molecule has 0 heterocycles. The van der Waals surface area contributed by atoms with Gasteiger partial charge in [-0.3, -0.25) is 0 Å². The van der Waals surface area contributed by atoms with Crippen molar-refractivity contribution in [2.75, 3.05) is 5.73 Å². The van der Waals surface area contributed by atoms with Crippen LogP contribution in [0.3, 0.4) is 0 Å². The molecule has 0 aliphatic heterocycles. The van der Waals surface area contributed by atoms with Gasteiger partial charge >= 0.3 is 0 Å². The molecule has 0 atom stereocenters. The summed E-state index contributed by atoms with van der Waals surface area (Å²) in [6.45, 7) is 1.69. The van der Waals surface area contributed by atoms with E-state index < -0.39 is 0 Å². The first kappa shape index (κ1) is 12.5. The first-order valence-corrected chi connectivity index (χ1v) is 5.82. The lowest BCUT2D eigenvalue weighted by atomic mass is 10.1. The van der Waals surface area contributed by atoms with Gasteiger partial charge in [-0.25, -0.2) is 0 Å². The van der Waals surface area contributed by atoms with Crippen LogP contribution in [0.15, 0.2) is 42.5 Å². The van der Waals surface area contributed by atoms with Crippen LogP contribution in [0.25, 0.3) is 0 Å². The molecule has 2 aromatic rings. The summed E-state index contributed by atoms with van der Waals surface area (Å²) in [6.07, 6.45) is 0. The molecule has 0 amide bonds. The molecule has 0 unspecified atom stereocenters. The number of nitrogens with one attached hydrogen (secondary N) is 1. The minimum absolute atomic E-state index is 0.407. The van der Waals surface area contributed by atoms with Crippen LogP contribution < -0.4 is 10.5 Å². The molecule has 0 fully saturated rings. The van der Waals surface area contributed by atoms with E-state index in [-0.39, 0.29) is 0 Å². The standard InChI is InChI=1S/C14H13ClN2O/c1-9(16)13-8-12(5-6-14(13)17)18-11-4-2-3-10(15)7-11/h2-8,16H,17H2,1H3. The number of rotatable bonds is 3. The van der Waals surface area contributed by atoms with Crippen molar-refractivity contribution in [3.05, 3.63) is 53.1 Å². The fourth-order valence-electron chi connectivity index (χ4n) is 1.59. The van der Waals surface area contributed by atoms with Gasteiger partial charge in [0.1, 0.15) is 11.5 Å². The van der Waals surface area contributed by atoms with Gasteiger partial charge in [-0.2, -0.15) is 0 Å². The van der Waals surface area contributed by atoms with Crippen molar-refractivity contribution in [2.45, 2.75) is 6.92 Å². The fraction of sp³-hybridized carbons (Fsp3) is 0.0714. The Labute approximate surface area is 111 Å². The minimum Gasteiger partial charge on any atom is -0.457 e. The predicted molar refractivity (Wildman–Crippen MR) is 74.9 cm³/mol. The van der Waals surface area contributed by atoms with Gasteiger partial charge in [-0.15, -0.1) is 0 Å². The summed E-state index contributed by atoms with van der Waals surface area (Å²) in [4.78, 5) is 0. The number of ether oxygens (including phenoxy) is 1. The van der Waals surface area contributed by atoms with Gasteiger partial charge in [0.15, 0.2) is 0 Å². The molecule has 2 rings (SSSR count). The Kier molecular flexibility index (Phi) is 3.53. The lowest BCUT2D eigenvalue weighted by Gasteiger charge is -2.09. The quantitative estimate of drug-likeness (QED) is 0.645. The minimum atomic E-state index is 0.407. The average molecular weight is 261 g/mol. The van der Waals surface area contributed by atoms with E-state index in [1.165, 1.54) is 0 Å². The average Bonchev–Trinajstić information content (AvgIpc) is 2.31. The molecule has 3 N–H and O–H groups in total. The van der Waals surface area contributed by atoms with E-state index in [0.717, 1.165) is 0 Å². The molecule has 0 radical (unpaired) electrons. The second-order valence-corrected chi connectivity index (χ2v) is 4.37. The van der Waals surface area contributed by atoms with Crippen LogP contribution in [-0.4, -0.2) is 5.71 Å². The fourth-order valence-corrected chi connectivity index (χ4v) is 1.77. The highest BCUT2D eigenvalue weighted by Gasteiger charge is 2.05. The summed E-state index contributed by atoms with van der Waals surface area (Å²) >= 11 is 5.88. The molecular formula is C14H13ClN2O. The molecule has 2 aromatic carbocycles. The molecular weight excluding hydrogens is 248 g/mol. The Balaban J connectivity index is 2.30. The molecule has 0 aromatic heterocycles. The van der Waals surface area contributed by atoms with Crippen molar-refractivity contribution in [3.63, 3.8) is 0 Å². The van der Waals surface area contributed by atoms with Gasteiger partial charge in [0.25, 0.3) is 0 Å². The number of halogens is 1. The van der Waals surface area contributed by atoms with Crippen LogP contribution >= 0.6 is 11.6 Å². The summed E-state index contributed by atoms with van der Waals surface area (Å²) in [6, 6.07) is 12.4. The molecule has 0 aliphatic carbocycles. The van der Waals surface area contributed by atoms with E-state index in [2.05, 4.69) is 0 Å². The molecule has 0 spiro atoms. The third-order valence-corrected chi connectivity index (χ3v) is 2.70. The van der Waals surface area contributed by atoms with Gasteiger partial charge in [0, 0.05) is 22.0 Å². The molecule has 0 saturated carbocycles. The van der Waals surface area contributed by atoms with Gasteiger partial charge in [0.2, 0.25) is 0 Å². The monoisotopic (exact) mass is 260 g/mol. The summed E-state index contributed by atoms with van der Waals surface area (Å²) in [5.41, 5.74) is 7.44. The summed E-state index contributed by atoms with van der Waals surface area (Å²) in [7, 11) is 0. The normalized spacial score (nSPS) is 10.1. The number of anilines is 1. The Morgan fingerprint density at radius 3 is 2.56 bits per heavy atom. The Bertz CT molecular complexity index is 596. The highest BCUT2D eigenvalue weighted by Crippen LogP contribution is 2.27. The number of hydrogen-bond donors (Lipinski definition) is 2. The van der Waals surface area contributed by atoms with Crippen molar-refractivity contribution in [1.29, 1.82) is 5.41 Å². The largest absolute Gasteiger partial charge is 0.457 e. The van der Waals surface area contributed by atoms with Crippen molar-refractivity contribution in [3.8, 4) is 11.5 Å². The van der Waals surface area contributed by atoms with Crippen molar-refractivity contribution >= 4 is 23.0 Å². The summed E-state index contributed by atoms with van der Waals surface area (Å²) in [5, 5.41) is 8.25. The zero-order chi connectivity index (χ0) is 13.1. The first-order chi connectivity index (χ1) is 8.56. The molecule has 18 heavy (non-hydrogen) atoms. The topological polar surface area (TPSA) is 59.1 Å². The lowest BCUT2D eigenvalue weighted by Crippen LogP contribution is -1.99. The van der Waals surface area contributed by atoms with E-state index >= 15 is 0 Å². The molecule has 0 aliphatic rings. The number of nitrogens with two attached hydrogens (primary N) is 1. The maximum Gasteiger partial charge on any atom is 0.128 e. The zero-order valence-corrected chi connectivity index (χ0v) is 10.7. The van der Waals surface area contributed by atoms with Crippen LogP contribution in [0, 0.1) is 5.41 Å². The molecule has 0 saturated heterocycles. The molecule has 3 nitrogen and oxygen atoms in total. The summed E-state index contributed by atoms with van der Waals surface area (Å²) < 4.78 is 5.67. The Morgan fingerprint density at radius 1 is 1.17 bits per heavy atom. The van der Waals surface area contributed by atoms with Crippen LogP contribution in [0.4, 0.5) is 5.69 Å². The Hall–Kier alpha value is -2.00. The van der Waals surface area contributed by atoms with Crippen LogP contribution in [0.2, 0.25) is 5.02 Å². The number of benzene rings is 2. The van der Waals surface area contributed by atoms with Crippen molar-refractivity contribution in [1.82, 2.24) is 0 Å². The zero-order valence-electron chi connectivity index (χ0n) is 9.91. The number of hydrogen-bond acceptors (Lipinski definition) is 3. The van der Waals surface area contributed by atoms with Crippen LogP contribution in [0.5, 0.6) is 11.5 Å². The SMILES string of the molecule is CC(=N)c1cc(Oc2cccc(Cl)c2)ccc1N. The van der Waals surface area contributed by atoms with Gasteiger partial charge < -0.3 is 15.9 Å². The second-order valence-electron chi connectivity index (χ2n) is 3.93. The Morgan fingerprint density at radius 2 is 1.89 bits per heavy atom. The van der Waals surface area contributed by atoms with Gasteiger partial charge in [-0.1, -0.05) is 17.7 Å². The van der Waals surface area contributed by atoms with E-state index in [1.807, 2.05) is 12.1 Å². The van der Waals surface area contributed by atoms with E-state index in [1.54, 1.807) is 37.3 Å². The number of nitrogen functional groups attached to an aromatic ring is 1. The maximum absolute atomic E-state index is 7.63. The van der Waals surface area contributed by atoms with Gasteiger partial charge in [0.05, 0.1) is 0 Å². The lowest BCUT2D eigenvalue weighted by molar-refractivity contribution is 0.482. The van der Waals surface area contributed by atoms with Crippen molar-refractivity contribution in [2.24, 2.45) is 0 Å². The van der Waals surface area contributed by atoms with Crippen LogP contribution in [0.1, 0.15) is 12.5 Å². The van der Waals surface area contributed by atoms with Gasteiger partial charge in [-0.05, 0) is 43.3 Å². The summed E-state index contributed by atoms with van der Waals surface area (Å²) in [5.74, 6) is 1.29. The van der Waals surface area contributed by atoms with E-state index in [0.29, 0.717) is 33.5 Å². The van der Waals surface area contributed by atoms with Crippen LogP contribution in [-0.2, 0) is 0 Å². The second kappa shape index (κ2) is 5.10. The third kappa shape index (κ3) is 2.81. The third-order valence-electron chi connectivity index (χ3n) is 2.46. The highest BCUT2D eigenvalue weighted by molar-refractivity contribution is 6.30. The molecule has 4 heteroatoms. The van der Waals surface area contributed by atoms with E-state index in [9.17, 15) is 0 Å². The smallest absolute Gasteiger partial charge is 0.128 e. The molecule has 92 valence electrons. The maximum atomic E-state index is 7.63.